The average molecular weight is 300 g/mol. The molecule has 2 rings (SSSR count). The molecule has 1 aromatic rings. The number of nitrogens with one attached hydrogen (secondary N) is 1. The Morgan fingerprint density at radius 3 is 2.94 bits per heavy atom. The Labute approximate surface area is 109 Å². The van der Waals surface area contributed by atoms with Crippen LogP contribution in [0.4, 0.5) is 4.39 Å². The molecule has 1 atom stereocenters. The van der Waals surface area contributed by atoms with Crippen molar-refractivity contribution >= 4 is 21.7 Å². The first-order valence-electron chi connectivity index (χ1n) is 5.80. The average Bonchev–Trinajstić information content (AvgIpc) is 2.82. The largest absolute Gasteiger partial charge is 0.316 e. The molecule has 1 N–H and O–H groups in total. The predicted octanol–water partition coefficient (Wildman–Crippen LogP) is 3.16. The number of rotatable bonds is 3. The molecule has 0 bridgehead atoms. The van der Waals surface area contributed by atoms with Gasteiger partial charge in [0.25, 0.3) is 0 Å². The SMILES string of the molecule is CCC1(C(=O)c2cccc(Br)c2F)CCNC1. The molecule has 92 valence electrons. The molecule has 0 spiro atoms. The van der Waals surface area contributed by atoms with Gasteiger partial charge in [0.2, 0.25) is 0 Å². The third kappa shape index (κ3) is 2.16. The predicted molar refractivity (Wildman–Crippen MR) is 68.6 cm³/mol. The van der Waals surface area contributed by atoms with Crippen LogP contribution in [0, 0.1) is 11.2 Å². The van der Waals surface area contributed by atoms with Crippen LogP contribution in [0.5, 0.6) is 0 Å². The van der Waals surface area contributed by atoms with Crippen molar-refractivity contribution in [1.82, 2.24) is 5.32 Å². The summed E-state index contributed by atoms with van der Waals surface area (Å²) in [6.07, 6.45) is 1.53. The summed E-state index contributed by atoms with van der Waals surface area (Å²) >= 11 is 3.12. The fourth-order valence-electron chi connectivity index (χ4n) is 2.36. The van der Waals surface area contributed by atoms with Gasteiger partial charge in [0.05, 0.1) is 10.0 Å². The number of ketones is 1. The molecular weight excluding hydrogens is 285 g/mol. The van der Waals surface area contributed by atoms with Crippen LogP contribution in [0.3, 0.4) is 0 Å². The van der Waals surface area contributed by atoms with E-state index >= 15 is 0 Å². The van der Waals surface area contributed by atoms with E-state index in [9.17, 15) is 9.18 Å². The first-order valence-corrected chi connectivity index (χ1v) is 6.59. The second-order valence-corrected chi connectivity index (χ2v) is 5.35. The van der Waals surface area contributed by atoms with Gasteiger partial charge in [0, 0.05) is 12.0 Å². The molecule has 1 saturated heterocycles. The maximum Gasteiger partial charge on any atom is 0.173 e. The molecule has 17 heavy (non-hydrogen) atoms. The first-order chi connectivity index (χ1) is 8.10. The van der Waals surface area contributed by atoms with E-state index in [-0.39, 0.29) is 11.3 Å². The van der Waals surface area contributed by atoms with Gasteiger partial charge >= 0.3 is 0 Å². The highest BCUT2D eigenvalue weighted by Crippen LogP contribution is 2.35. The van der Waals surface area contributed by atoms with Crippen molar-refractivity contribution in [1.29, 1.82) is 0 Å². The lowest BCUT2D eigenvalue weighted by molar-refractivity contribution is 0.0806. The molecule has 1 aliphatic rings. The van der Waals surface area contributed by atoms with E-state index < -0.39 is 11.2 Å². The van der Waals surface area contributed by atoms with Crippen molar-refractivity contribution in [2.24, 2.45) is 5.41 Å². The van der Waals surface area contributed by atoms with Crippen molar-refractivity contribution in [3.05, 3.63) is 34.1 Å². The summed E-state index contributed by atoms with van der Waals surface area (Å²) in [5.74, 6) is -0.527. The van der Waals surface area contributed by atoms with Gasteiger partial charge in [-0.15, -0.1) is 0 Å². The molecule has 1 unspecified atom stereocenters. The van der Waals surface area contributed by atoms with Gasteiger partial charge in [-0.1, -0.05) is 13.0 Å². The minimum Gasteiger partial charge on any atom is -0.316 e. The lowest BCUT2D eigenvalue weighted by Gasteiger charge is -2.25. The van der Waals surface area contributed by atoms with E-state index in [1.54, 1.807) is 18.2 Å². The van der Waals surface area contributed by atoms with Crippen molar-refractivity contribution < 1.29 is 9.18 Å². The van der Waals surface area contributed by atoms with Gasteiger partial charge in [0.15, 0.2) is 5.78 Å². The number of hydrogen-bond donors (Lipinski definition) is 1. The summed E-state index contributed by atoms with van der Waals surface area (Å²) < 4.78 is 14.3. The number of Topliss-reactive ketones (excluding diaryl/α,β-unsaturated/α-hetero) is 1. The molecule has 0 radical (unpaired) electrons. The van der Waals surface area contributed by atoms with Crippen LogP contribution in [0.2, 0.25) is 0 Å². The minimum absolute atomic E-state index is 0.0798. The van der Waals surface area contributed by atoms with Gasteiger partial charge in [-0.2, -0.15) is 0 Å². The van der Waals surface area contributed by atoms with Gasteiger partial charge in [-0.3, -0.25) is 4.79 Å². The smallest absolute Gasteiger partial charge is 0.173 e. The summed E-state index contributed by atoms with van der Waals surface area (Å²) in [4.78, 5) is 12.5. The summed E-state index contributed by atoms with van der Waals surface area (Å²) in [5.41, 5.74) is -0.230. The van der Waals surface area contributed by atoms with Crippen LogP contribution >= 0.6 is 15.9 Å². The molecular formula is C13H15BrFNO. The third-order valence-electron chi connectivity index (χ3n) is 3.60. The number of benzene rings is 1. The lowest BCUT2D eigenvalue weighted by Crippen LogP contribution is -2.33. The fourth-order valence-corrected chi connectivity index (χ4v) is 2.73. The van der Waals surface area contributed by atoms with Crippen LogP contribution in [0.25, 0.3) is 0 Å². The molecule has 4 heteroatoms. The molecule has 0 aromatic heterocycles. The molecule has 0 amide bonds. The van der Waals surface area contributed by atoms with Crippen LogP contribution in [0.15, 0.2) is 22.7 Å². The van der Waals surface area contributed by atoms with Crippen LogP contribution in [-0.2, 0) is 0 Å². The number of hydrogen-bond acceptors (Lipinski definition) is 2. The molecule has 0 aliphatic carbocycles. The van der Waals surface area contributed by atoms with E-state index in [2.05, 4.69) is 21.2 Å². The van der Waals surface area contributed by atoms with Crippen molar-refractivity contribution in [2.75, 3.05) is 13.1 Å². The number of carbonyl (C=O) groups is 1. The van der Waals surface area contributed by atoms with Crippen molar-refractivity contribution in [3.63, 3.8) is 0 Å². The normalized spacial score (nSPS) is 23.9. The summed E-state index contributed by atoms with van der Waals surface area (Å²) in [6, 6.07) is 4.88. The zero-order valence-electron chi connectivity index (χ0n) is 9.72. The fraction of sp³-hybridized carbons (Fsp3) is 0.462. The van der Waals surface area contributed by atoms with Crippen molar-refractivity contribution in [3.8, 4) is 0 Å². The molecule has 1 fully saturated rings. The highest BCUT2D eigenvalue weighted by atomic mass is 79.9. The van der Waals surface area contributed by atoms with E-state index in [0.717, 1.165) is 19.4 Å². The van der Waals surface area contributed by atoms with Gasteiger partial charge in [0.1, 0.15) is 5.82 Å². The highest BCUT2D eigenvalue weighted by molar-refractivity contribution is 9.10. The van der Waals surface area contributed by atoms with Crippen molar-refractivity contribution in [2.45, 2.75) is 19.8 Å². The summed E-state index contributed by atoms with van der Waals surface area (Å²) in [7, 11) is 0. The highest BCUT2D eigenvalue weighted by Gasteiger charge is 2.40. The lowest BCUT2D eigenvalue weighted by atomic mass is 9.77. The second-order valence-electron chi connectivity index (χ2n) is 4.49. The van der Waals surface area contributed by atoms with Crippen LogP contribution < -0.4 is 5.32 Å². The molecule has 0 saturated carbocycles. The van der Waals surface area contributed by atoms with E-state index in [1.165, 1.54) is 0 Å². The standard InChI is InChI=1S/C13H15BrFNO/c1-2-13(6-7-16-8-13)12(17)9-4-3-5-10(14)11(9)15/h3-5,16H,2,6-8H2,1H3. The Morgan fingerprint density at radius 2 is 2.35 bits per heavy atom. The Hall–Kier alpha value is -0.740. The quantitative estimate of drug-likeness (QED) is 0.869. The Bertz CT molecular complexity index is 441. The first kappa shape index (κ1) is 12.7. The van der Waals surface area contributed by atoms with E-state index in [4.69, 9.17) is 0 Å². The molecule has 1 heterocycles. The van der Waals surface area contributed by atoms with Crippen LogP contribution in [-0.4, -0.2) is 18.9 Å². The monoisotopic (exact) mass is 299 g/mol. The summed E-state index contributed by atoms with van der Waals surface area (Å²) in [6.45, 7) is 3.46. The van der Waals surface area contributed by atoms with Gasteiger partial charge in [-0.25, -0.2) is 4.39 Å². The zero-order valence-corrected chi connectivity index (χ0v) is 11.3. The number of halogens is 2. The maximum atomic E-state index is 13.9. The maximum absolute atomic E-state index is 13.9. The third-order valence-corrected chi connectivity index (χ3v) is 4.21. The molecule has 2 nitrogen and oxygen atoms in total. The van der Waals surface area contributed by atoms with Gasteiger partial charge < -0.3 is 5.32 Å². The second kappa shape index (κ2) is 4.86. The topological polar surface area (TPSA) is 29.1 Å². The van der Waals surface area contributed by atoms with Crippen LogP contribution in [0.1, 0.15) is 30.1 Å². The zero-order chi connectivity index (χ0) is 12.5. The Kier molecular flexibility index (Phi) is 3.64. The Balaban J connectivity index is 2.39. The minimum atomic E-state index is -0.447. The van der Waals surface area contributed by atoms with Gasteiger partial charge in [-0.05, 0) is 47.4 Å². The molecule has 1 aromatic carbocycles. The Morgan fingerprint density at radius 1 is 1.59 bits per heavy atom. The summed E-state index contributed by atoms with van der Waals surface area (Å²) in [5, 5.41) is 3.19. The van der Waals surface area contributed by atoms with E-state index in [0.29, 0.717) is 11.0 Å². The van der Waals surface area contributed by atoms with E-state index in [1.807, 2.05) is 6.92 Å². The molecule has 1 aliphatic heterocycles. The number of carbonyl (C=O) groups excluding carboxylic acids is 1.